The van der Waals surface area contributed by atoms with E-state index in [9.17, 15) is 0 Å². The van der Waals surface area contributed by atoms with E-state index in [0.29, 0.717) is 17.5 Å². The van der Waals surface area contributed by atoms with Gasteiger partial charge in [-0.15, -0.1) is 11.8 Å². The topological polar surface area (TPSA) is 48.5 Å². The first kappa shape index (κ1) is 18.3. The average Bonchev–Trinajstić information content (AvgIpc) is 3.32. The normalized spacial score (nSPS) is 28.9. The SMILES string of the molecule is C1=NC(N[C@H]2CC[C@H](NCCc3ccccc3)CC2)=C2C3=C(CCC3)SC2N1. The first-order valence-electron chi connectivity index (χ1n) is 10.8. The van der Waals surface area contributed by atoms with Crippen molar-refractivity contribution in [1.29, 1.82) is 0 Å². The van der Waals surface area contributed by atoms with Crippen LogP contribution in [-0.4, -0.2) is 30.3 Å². The Hall–Kier alpha value is -1.72. The number of rotatable bonds is 6. The zero-order valence-corrected chi connectivity index (χ0v) is 17.2. The van der Waals surface area contributed by atoms with Crippen LogP contribution in [0.3, 0.4) is 0 Å². The van der Waals surface area contributed by atoms with Gasteiger partial charge >= 0.3 is 0 Å². The Kier molecular flexibility index (Phi) is 5.45. The van der Waals surface area contributed by atoms with Crippen LogP contribution in [0.1, 0.15) is 50.5 Å². The predicted molar refractivity (Wildman–Crippen MR) is 118 cm³/mol. The lowest BCUT2D eigenvalue weighted by Gasteiger charge is -2.32. The molecule has 2 aliphatic heterocycles. The lowest BCUT2D eigenvalue weighted by Crippen LogP contribution is -2.41. The van der Waals surface area contributed by atoms with Crippen LogP contribution < -0.4 is 16.0 Å². The molecule has 1 fully saturated rings. The Morgan fingerprint density at radius 1 is 1.04 bits per heavy atom. The fourth-order valence-corrected chi connectivity index (χ4v) is 6.33. The average molecular weight is 395 g/mol. The molecule has 5 rings (SSSR count). The Bertz CT molecular complexity index is 790. The zero-order valence-electron chi connectivity index (χ0n) is 16.4. The van der Waals surface area contributed by atoms with E-state index in [1.807, 2.05) is 18.1 Å². The quantitative estimate of drug-likeness (QED) is 0.681. The van der Waals surface area contributed by atoms with Gasteiger partial charge in [-0.3, -0.25) is 0 Å². The molecule has 2 aliphatic carbocycles. The maximum Gasteiger partial charge on any atom is 0.134 e. The highest BCUT2D eigenvalue weighted by Crippen LogP contribution is 2.50. The summed E-state index contributed by atoms with van der Waals surface area (Å²) < 4.78 is 0. The van der Waals surface area contributed by atoms with Gasteiger partial charge in [-0.1, -0.05) is 30.3 Å². The monoisotopic (exact) mass is 394 g/mol. The van der Waals surface area contributed by atoms with E-state index in [-0.39, 0.29) is 0 Å². The summed E-state index contributed by atoms with van der Waals surface area (Å²) in [6.45, 7) is 1.08. The van der Waals surface area contributed by atoms with Crippen molar-refractivity contribution >= 4 is 18.1 Å². The Balaban J connectivity index is 1.12. The molecule has 1 unspecified atom stereocenters. The summed E-state index contributed by atoms with van der Waals surface area (Å²) in [5.41, 5.74) is 4.45. The van der Waals surface area contributed by atoms with Crippen LogP contribution in [-0.2, 0) is 6.42 Å². The zero-order chi connectivity index (χ0) is 18.8. The molecule has 0 amide bonds. The van der Waals surface area contributed by atoms with E-state index in [2.05, 4.69) is 46.3 Å². The van der Waals surface area contributed by atoms with Gasteiger partial charge in [0.25, 0.3) is 0 Å². The number of nitrogens with one attached hydrogen (secondary N) is 3. The van der Waals surface area contributed by atoms with E-state index in [1.54, 1.807) is 10.5 Å². The molecule has 0 radical (unpaired) electrons. The molecule has 1 atom stereocenters. The van der Waals surface area contributed by atoms with Crippen molar-refractivity contribution in [2.45, 2.75) is 68.8 Å². The Morgan fingerprint density at radius 2 is 1.86 bits per heavy atom. The fraction of sp³-hybridized carbons (Fsp3) is 0.522. The predicted octanol–water partition coefficient (Wildman–Crippen LogP) is 4.07. The van der Waals surface area contributed by atoms with Crippen LogP contribution in [0.5, 0.6) is 0 Å². The largest absolute Gasteiger partial charge is 0.367 e. The van der Waals surface area contributed by atoms with E-state index >= 15 is 0 Å². The van der Waals surface area contributed by atoms with Gasteiger partial charge in [0.05, 0.1) is 6.34 Å². The van der Waals surface area contributed by atoms with Crippen molar-refractivity contribution < 1.29 is 0 Å². The molecule has 3 N–H and O–H groups in total. The second kappa shape index (κ2) is 8.34. The third kappa shape index (κ3) is 3.87. The second-order valence-corrected chi connectivity index (χ2v) is 9.52. The minimum atomic E-state index is 0.390. The molecule has 0 bridgehead atoms. The minimum Gasteiger partial charge on any atom is -0.367 e. The Labute approximate surface area is 172 Å². The third-order valence-electron chi connectivity index (χ3n) is 6.45. The van der Waals surface area contributed by atoms with Crippen molar-refractivity contribution in [2.75, 3.05) is 6.54 Å². The number of hydrogen-bond donors (Lipinski definition) is 3. The van der Waals surface area contributed by atoms with Gasteiger partial charge in [0.15, 0.2) is 0 Å². The maximum absolute atomic E-state index is 4.70. The first-order valence-corrected chi connectivity index (χ1v) is 11.7. The van der Waals surface area contributed by atoms with Gasteiger partial charge in [-0.25, -0.2) is 4.99 Å². The summed E-state index contributed by atoms with van der Waals surface area (Å²) in [4.78, 5) is 6.30. The molecule has 0 saturated heterocycles. The highest BCUT2D eigenvalue weighted by molar-refractivity contribution is 8.04. The summed E-state index contributed by atoms with van der Waals surface area (Å²) in [5.74, 6) is 1.14. The van der Waals surface area contributed by atoms with Gasteiger partial charge < -0.3 is 16.0 Å². The number of allylic oxidation sites excluding steroid dienone is 1. The summed E-state index contributed by atoms with van der Waals surface area (Å²) in [6.07, 6.45) is 11.8. The number of benzene rings is 1. The molecular formula is C23H30N4S. The van der Waals surface area contributed by atoms with Gasteiger partial charge in [0.2, 0.25) is 0 Å². The standard InChI is InChI=1S/C23H30N4S/c1-2-5-16(6-3-1)13-14-24-17-9-11-18(12-10-17)27-22-21-19-7-4-8-20(19)28-23(21)26-15-25-22/h1-3,5-6,15,17-18,23-24,27H,4,7-14H2,(H,25,26)/t17-,18-,23?. The van der Waals surface area contributed by atoms with Crippen LogP contribution >= 0.6 is 11.8 Å². The van der Waals surface area contributed by atoms with Crippen LogP contribution in [0.25, 0.3) is 0 Å². The van der Waals surface area contributed by atoms with Crippen molar-refractivity contribution in [1.82, 2.24) is 16.0 Å². The number of fused-ring (bicyclic) bond motifs is 2. The highest BCUT2D eigenvalue weighted by Gasteiger charge is 2.36. The highest BCUT2D eigenvalue weighted by atomic mass is 32.2. The number of hydrogen-bond acceptors (Lipinski definition) is 5. The molecule has 5 heteroatoms. The lowest BCUT2D eigenvalue weighted by molar-refractivity contribution is 0.319. The van der Waals surface area contributed by atoms with Crippen LogP contribution in [0.15, 0.2) is 57.2 Å². The maximum atomic E-state index is 4.70. The van der Waals surface area contributed by atoms with Gasteiger partial charge in [0, 0.05) is 17.7 Å². The van der Waals surface area contributed by atoms with Crippen molar-refractivity contribution in [3.05, 3.63) is 57.8 Å². The van der Waals surface area contributed by atoms with Crippen LogP contribution in [0, 0.1) is 0 Å². The van der Waals surface area contributed by atoms with E-state index in [0.717, 1.165) is 18.8 Å². The van der Waals surface area contributed by atoms with Crippen molar-refractivity contribution in [2.24, 2.45) is 4.99 Å². The molecular weight excluding hydrogens is 364 g/mol. The van der Waals surface area contributed by atoms with E-state index in [4.69, 9.17) is 4.99 Å². The molecule has 1 aromatic rings. The number of thioether (sulfide) groups is 1. The molecule has 4 aliphatic rings. The third-order valence-corrected chi connectivity index (χ3v) is 7.79. The number of nitrogens with zero attached hydrogens (tertiary/aromatic N) is 1. The molecule has 0 aromatic heterocycles. The molecule has 4 nitrogen and oxygen atoms in total. The van der Waals surface area contributed by atoms with Gasteiger partial charge in [0.1, 0.15) is 11.2 Å². The summed E-state index contributed by atoms with van der Waals surface area (Å²) in [5, 5.41) is 11.4. The summed E-state index contributed by atoms with van der Waals surface area (Å²) in [7, 11) is 0. The molecule has 1 aromatic carbocycles. The minimum absolute atomic E-state index is 0.390. The molecule has 148 valence electrons. The summed E-state index contributed by atoms with van der Waals surface area (Å²) >= 11 is 2.01. The smallest absolute Gasteiger partial charge is 0.134 e. The second-order valence-electron chi connectivity index (χ2n) is 8.32. The molecule has 2 heterocycles. The molecule has 0 spiro atoms. The fourth-order valence-electron chi connectivity index (χ4n) is 4.93. The Morgan fingerprint density at radius 3 is 2.71 bits per heavy atom. The van der Waals surface area contributed by atoms with Gasteiger partial charge in [-0.2, -0.15) is 0 Å². The van der Waals surface area contributed by atoms with Crippen LogP contribution in [0.4, 0.5) is 0 Å². The van der Waals surface area contributed by atoms with Crippen LogP contribution in [0.2, 0.25) is 0 Å². The van der Waals surface area contributed by atoms with E-state index in [1.165, 1.54) is 56.1 Å². The summed E-state index contributed by atoms with van der Waals surface area (Å²) in [6, 6.07) is 12.0. The van der Waals surface area contributed by atoms with Crippen molar-refractivity contribution in [3.63, 3.8) is 0 Å². The molecule has 1 saturated carbocycles. The lowest BCUT2D eigenvalue weighted by atomic mass is 9.90. The molecule has 28 heavy (non-hydrogen) atoms. The van der Waals surface area contributed by atoms with E-state index < -0.39 is 0 Å². The first-order chi connectivity index (χ1) is 13.9. The number of aliphatic imine (C=N–C) groups is 1. The van der Waals surface area contributed by atoms with Gasteiger partial charge in [-0.05, 0) is 74.0 Å². The van der Waals surface area contributed by atoms with Crippen molar-refractivity contribution in [3.8, 4) is 0 Å².